The van der Waals surface area contributed by atoms with Crippen LogP contribution < -0.4 is 9.47 Å². The van der Waals surface area contributed by atoms with E-state index in [0.29, 0.717) is 37.2 Å². The van der Waals surface area contributed by atoms with Crippen LogP contribution in [0, 0.1) is 34.0 Å². The summed E-state index contributed by atoms with van der Waals surface area (Å²) >= 11 is 0. The summed E-state index contributed by atoms with van der Waals surface area (Å²) in [6, 6.07) is 4.58. The number of Topliss-reactive ketones (excluding diaryl/α,β-unsaturated/α-hetero) is 2. The zero-order valence-corrected chi connectivity index (χ0v) is 22.1. The maximum atomic E-state index is 14.1. The molecular formula is C29H34O9. The minimum absolute atomic E-state index is 0.0688. The highest BCUT2D eigenvalue weighted by Gasteiger charge is 2.88. The molecule has 2 heterocycles. The Morgan fingerprint density at radius 2 is 1.84 bits per heavy atom. The number of carbonyl (C=O) groups excluding carboxylic acids is 3. The molecule has 2 N–H and O–H groups in total. The van der Waals surface area contributed by atoms with Crippen molar-refractivity contribution in [2.24, 2.45) is 34.0 Å². The second kappa shape index (κ2) is 7.90. The number of aliphatic hydroxyl groups is 2. The van der Waals surface area contributed by atoms with Gasteiger partial charge in [-0.15, -0.1) is 0 Å². The van der Waals surface area contributed by atoms with E-state index < -0.39 is 63.7 Å². The number of benzene rings is 1. The number of hydrogen-bond acceptors (Lipinski definition) is 9. The standard InChI is InChI=1S/C29H34O9/c1-14-16-7-9-19-27-13-37-29(34,23(32)21(27)26(2,3)11-10-20(27)30)28(19,22(14)31)24(16)38-25(33)15-6-8-17(35-4)18(12-15)36-5/h6,8,12,16,19,21,23-24,32,34H,1,7,9-11,13H2,2-5H3/t16-,19-,21+,23-,24+,27+,28-,29+/m0/s1. The molecule has 8 atom stereocenters. The van der Waals surface area contributed by atoms with Crippen molar-refractivity contribution in [2.45, 2.75) is 57.5 Å². The quantitative estimate of drug-likeness (QED) is 0.449. The SMILES string of the molecule is C=C1C(=O)[C@]23[C@H](OC(=O)c4ccc(OC)c(OC)c4)[C@H]1CC[C@H]2[C@@]12CO[C@]3(O)[C@@H](O)[C@@H]1C(C)(C)CCC2=O. The minimum Gasteiger partial charge on any atom is -0.493 e. The van der Waals surface area contributed by atoms with Crippen molar-refractivity contribution < 1.29 is 43.5 Å². The number of fused-ring (bicyclic) bond motifs is 2. The molecule has 0 amide bonds. The van der Waals surface area contributed by atoms with Crippen LogP contribution in [0.1, 0.15) is 49.9 Å². The molecule has 2 saturated heterocycles. The van der Waals surface area contributed by atoms with Crippen molar-refractivity contribution in [1.29, 1.82) is 0 Å². The molecule has 9 heteroatoms. The summed E-state index contributed by atoms with van der Waals surface area (Å²) in [7, 11) is 2.93. The lowest BCUT2D eigenvalue weighted by atomic mass is 9.36. The summed E-state index contributed by atoms with van der Waals surface area (Å²) < 4.78 is 22.7. The van der Waals surface area contributed by atoms with Gasteiger partial charge in [0.15, 0.2) is 17.3 Å². The zero-order chi connectivity index (χ0) is 27.4. The molecule has 4 saturated carbocycles. The van der Waals surface area contributed by atoms with Gasteiger partial charge in [0.1, 0.15) is 23.4 Å². The molecule has 1 aromatic carbocycles. The van der Waals surface area contributed by atoms with E-state index in [0.717, 1.165) is 0 Å². The lowest BCUT2D eigenvalue weighted by molar-refractivity contribution is -0.436. The lowest BCUT2D eigenvalue weighted by Gasteiger charge is -2.72. The first kappa shape index (κ1) is 25.5. The molecule has 2 spiro atoms. The molecule has 1 aromatic rings. The molecule has 6 fully saturated rings. The summed E-state index contributed by atoms with van der Waals surface area (Å²) in [6.45, 7) is 7.91. The molecular weight excluding hydrogens is 492 g/mol. The van der Waals surface area contributed by atoms with Crippen LogP contribution in [0.25, 0.3) is 0 Å². The molecule has 0 aromatic heterocycles. The second-order valence-electron chi connectivity index (χ2n) is 12.2. The number of esters is 1. The molecule has 38 heavy (non-hydrogen) atoms. The van der Waals surface area contributed by atoms with Gasteiger partial charge in [-0.1, -0.05) is 20.4 Å². The first-order valence-electron chi connectivity index (χ1n) is 13.2. The zero-order valence-electron chi connectivity index (χ0n) is 22.1. The molecule has 9 nitrogen and oxygen atoms in total. The summed E-state index contributed by atoms with van der Waals surface area (Å²) in [4.78, 5) is 41.5. The van der Waals surface area contributed by atoms with E-state index in [2.05, 4.69) is 6.58 Å². The van der Waals surface area contributed by atoms with Crippen LogP contribution in [0.15, 0.2) is 30.4 Å². The van der Waals surface area contributed by atoms with Gasteiger partial charge in [0.25, 0.3) is 0 Å². The second-order valence-corrected chi connectivity index (χ2v) is 12.2. The van der Waals surface area contributed by atoms with Crippen LogP contribution in [-0.2, 0) is 19.1 Å². The lowest BCUT2D eigenvalue weighted by Crippen LogP contribution is -2.85. The summed E-state index contributed by atoms with van der Waals surface area (Å²) in [5, 5.41) is 24.0. The van der Waals surface area contributed by atoms with Crippen molar-refractivity contribution >= 4 is 17.5 Å². The van der Waals surface area contributed by atoms with E-state index in [1.807, 2.05) is 13.8 Å². The van der Waals surface area contributed by atoms with Crippen LogP contribution in [0.5, 0.6) is 11.5 Å². The number of hydrogen-bond donors (Lipinski definition) is 2. The largest absolute Gasteiger partial charge is 0.493 e. The van der Waals surface area contributed by atoms with Crippen LogP contribution in [-0.4, -0.2) is 66.6 Å². The minimum atomic E-state index is -2.34. The van der Waals surface area contributed by atoms with Gasteiger partial charge in [0, 0.05) is 18.3 Å². The molecule has 2 aliphatic heterocycles. The normalized spacial score (nSPS) is 42.4. The third-order valence-electron chi connectivity index (χ3n) is 10.5. The highest BCUT2D eigenvalue weighted by Crippen LogP contribution is 2.76. The van der Waals surface area contributed by atoms with Gasteiger partial charge in [-0.3, -0.25) is 9.59 Å². The van der Waals surface area contributed by atoms with E-state index in [1.165, 1.54) is 26.4 Å². The Morgan fingerprint density at radius 3 is 2.53 bits per heavy atom. The fraction of sp³-hybridized carbons (Fsp3) is 0.621. The van der Waals surface area contributed by atoms with Crippen LogP contribution in [0.2, 0.25) is 0 Å². The van der Waals surface area contributed by atoms with E-state index in [4.69, 9.17) is 18.9 Å². The number of ketones is 2. The van der Waals surface area contributed by atoms with Crippen molar-refractivity contribution in [2.75, 3.05) is 20.8 Å². The molecule has 4 aliphatic carbocycles. The summed E-state index contributed by atoms with van der Waals surface area (Å²) in [6.07, 6.45) is -0.906. The Morgan fingerprint density at radius 1 is 1.13 bits per heavy atom. The molecule has 6 aliphatic rings. The molecule has 4 bridgehead atoms. The Hall–Kier alpha value is -2.75. The Bertz CT molecular complexity index is 1270. The Labute approximate surface area is 221 Å². The monoisotopic (exact) mass is 526 g/mol. The van der Waals surface area contributed by atoms with Gasteiger partial charge in [-0.25, -0.2) is 4.79 Å². The maximum Gasteiger partial charge on any atom is 0.338 e. The van der Waals surface area contributed by atoms with Gasteiger partial charge < -0.3 is 29.2 Å². The van der Waals surface area contributed by atoms with E-state index in [9.17, 15) is 24.6 Å². The number of rotatable bonds is 4. The first-order chi connectivity index (χ1) is 17.9. The fourth-order valence-corrected chi connectivity index (χ4v) is 8.91. The maximum absolute atomic E-state index is 14.1. The van der Waals surface area contributed by atoms with Gasteiger partial charge >= 0.3 is 5.97 Å². The molecule has 0 radical (unpaired) electrons. The number of carbonyl (C=O) groups is 3. The van der Waals surface area contributed by atoms with Crippen LogP contribution in [0.4, 0.5) is 0 Å². The average molecular weight is 527 g/mol. The van der Waals surface area contributed by atoms with E-state index in [1.54, 1.807) is 6.07 Å². The van der Waals surface area contributed by atoms with Crippen molar-refractivity contribution in [3.63, 3.8) is 0 Å². The molecule has 204 valence electrons. The van der Waals surface area contributed by atoms with Gasteiger partial charge in [0.05, 0.1) is 31.8 Å². The van der Waals surface area contributed by atoms with Crippen LogP contribution >= 0.6 is 0 Å². The average Bonchev–Trinajstić information content (AvgIpc) is 3.01. The van der Waals surface area contributed by atoms with Gasteiger partial charge in [-0.2, -0.15) is 0 Å². The predicted molar refractivity (Wildman–Crippen MR) is 132 cm³/mol. The fourth-order valence-electron chi connectivity index (χ4n) is 8.91. The number of ether oxygens (including phenoxy) is 4. The first-order valence-corrected chi connectivity index (χ1v) is 13.2. The Balaban J connectivity index is 1.49. The van der Waals surface area contributed by atoms with Crippen LogP contribution in [0.3, 0.4) is 0 Å². The highest BCUT2D eigenvalue weighted by atomic mass is 16.6. The van der Waals surface area contributed by atoms with E-state index >= 15 is 0 Å². The molecule has 0 unspecified atom stereocenters. The van der Waals surface area contributed by atoms with Crippen molar-refractivity contribution in [3.05, 3.63) is 35.9 Å². The Kier molecular flexibility index (Phi) is 5.30. The van der Waals surface area contributed by atoms with Crippen molar-refractivity contribution in [1.82, 2.24) is 0 Å². The van der Waals surface area contributed by atoms with E-state index in [-0.39, 0.29) is 23.5 Å². The third kappa shape index (κ3) is 2.70. The topological polar surface area (TPSA) is 129 Å². The smallest absolute Gasteiger partial charge is 0.338 e. The highest BCUT2D eigenvalue weighted by molar-refractivity contribution is 6.06. The van der Waals surface area contributed by atoms with Gasteiger partial charge in [0.2, 0.25) is 5.79 Å². The summed E-state index contributed by atoms with van der Waals surface area (Å²) in [5.41, 5.74) is -3.10. The van der Waals surface area contributed by atoms with Gasteiger partial charge in [-0.05, 0) is 54.4 Å². The van der Waals surface area contributed by atoms with Crippen molar-refractivity contribution in [3.8, 4) is 11.5 Å². The molecule has 7 rings (SSSR count). The third-order valence-corrected chi connectivity index (χ3v) is 10.5. The summed E-state index contributed by atoms with van der Waals surface area (Å²) in [5.74, 6) is -4.70. The predicted octanol–water partition coefficient (Wildman–Crippen LogP) is 2.47. The number of methoxy groups -OCH3 is 2. The number of aliphatic hydroxyl groups excluding tert-OH is 1.